The molecule has 4 unspecified atom stereocenters. The number of hydrogen-bond acceptors (Lipinski definition) is 6. The fourth-order valence-electron chi connectivity index (χ4n) is 2.89. The van der Waals surface area contributed by atoms with E-state index < -0.39 is 12.4 Å². The maximum atomic E-state index is 9.50. The molecule has 3 aliphatic rings. The van der Waals surface area contributed by atoms with Crippen molar-refractivity contribution >= 4 is 0 Å². The number of ether oxygens (including phenoxy) is 5. The summed E-state index contributed by atoms with van der Waals surface area (Å²) in [5.41, 5.74) is 0. The number of aliphatic hydroxyl groups excluding tert-OH is 1. The summed E-state index contributed by atoms with van der Waals surface area (Å²) in [7, 11) is 0. The Morgan fingerprint density at radius 1 is 0.750 bits per heavy atom. The first-order chi connectivity index (χ1) is 9.51. The predicted molar refractivity (Wildman–Crippen MR) is 68.7 cm³/mol. The Balaban J connectivity index is 1.74. The molecule has 6 heteroatoms. The van der Waals surface area contributed by atoms with E-state index in [1.54, 1.807) is 0 Å². The number of rotatable bonds is 3. The summed E-state index contributed by atoms with van der Waals surface area (Å²) in [5.74, 6) is 0.462. The second-order valence-corrected chi connectivity index (χ2v) is 6.39. The van der Waals surface area contributed by atoms with Gasteiger partial charge in [0.1, 0.15) is 24.4 Å². The van der Waals surface area contributed by atoms with E-state index in [4.69, 9.17) is 23.7 Å². The van der Waals surface area contributed by atoms with Crippen LogP contribution >= 0.6 is 0 Å². The van der Waals surface area contributed by atoms with E-state index in [0.717, 1.165) is 0 Å². The Kier molecular flexibility index (Phi) is 4.05. The molecule has 0 spiro atoms. The van der Waals surface area contributed by atoms with Crippen molar-refractivity contribution in [3.63, 3.8) is 0 Å². The summed E-state index contributed by atoms with van der Waals surface area (Å²) >= 11 is 0. The van der Waals surface area contributed by atoms with Crippen molar-refractivity contribution in [3.05, 3.63) is 0 Å². The highest BCUT2D eigenvalue weighted by atomic mass is 16.8. The van der Waals surface area contributed by atoms with Crippen molar-refractivity contribution in [2.75, 3.05) is 6.61 Å². The average molecular weight is 288 g/mol. The third-order valence-corrected chi connectivity index (χ3v) is 4.00. The first-order valence-corrected chi connectivity index (χ1v) is 7.39. The Morgan fingerprint density at radius 2 is 1.35 bits per heavy atom. The fourth-order valence-corrected chi connectivity index (χ4v) is 2.89. The molecule has 0 amide bonds. The lowest BCUT2D eigenvalue weighted by atomic mass is 10.0. The van der Waals surface area contributed by atoms with E-state index in [2.05, 4.69) is 0 Å². The standard InChI is InChI=1S/C14H24O6/c1-6(2)12-16-8(5-15)9-10(18-12)11-14(17-9)20-13(19-11)7(3)4/h6-15H,5H2,1-4H3/t8?,9-,10+,11-,12?,13?,14?/m1/s1. The van der Waals surface area contributed by atoms with E-state index in [1.165, 1.54) is 0 Å². The quantitative estimate of drug-likeness (QED) is 0.831. The second-order valence-electron chi connectivity index (χ2n) is 6.39. The lowest BCUT2D eigenvalue weighted by Gasteiger charge is -2.40. The molecule has 3 heterocycles. The smallest absolute Gasteiger partial charge is 0.190 e. The van der Waals surface area contributed by atoms with Crippen molar-refractivity contribution < 1.29 is 28.8 Å². The van der Waals surface area contributed by atoms with Gasteiger partial charge in [0.2, 0.25) is 0 Å². The molecule has 20 heavy (non-hydrogen) atoms. The molecular weight excluding hydrogens is 264 g/mol. The van der Waals surface area contributed by atoms with Gasteiger partial charge in [0.25, 0.3) is 0 Å². The highest BCUT2D eigenvalue weighted by molar-refractivity contribution is 4.98. The van der Waals surface area contributed by atoms with Crippen LogP contribution in [0.3, 0.4) is 0 Å². The zero-order valence-electron chi connectivity index (χ0n) is 12.4. The molecule has 3 saturated heterocycles. The molecule has 0 saturated carbocycles. The summed E-state index contributed by atoms with van der Waals surface area (Å²) in [4.78, 5) is 0. The van der Waals surface area contributed by atoms with E-state index in [-0.39, 0.29) is 49.3 Å². The van der Waals surface area contributed by atoms with Gasteiger partial charge in [-0.15, -0.1) is 0 Å². The van der Waals surface area contributed by atoms with E-state index in [1.807, 2.05) is 27.7 Å². The largest absolute Gasteiger partial charge is 0.394 e. The van der Waals surface area contributed by atoms with Gasteiger partial charge in [0.15, 0.2) is 18.9 Å². The van der Waals surface area contributed by atoms with Crippen LogP contribution < -0.4 is 0 Å². The van der Waals surface area contributed by atoms with Gasteiger partial charge >= 0.3 is 0 Å². The second kappa shape index (κ2) is 5.51. The van der Waals surface area contributed by atoms with Crippen LogP contribution in [-0.2, 0) is 23.7 Å². The van der Waals surface area contributed by atoms with Crippen molar-refractivity contribution in [1.82, 2.24) is 0 Å². The van der Waals surface area contributed by atoms with Crippen molar-refractivity contribution in [1.29, 1.82) is 0 Å². The lowest BCUT2D eigenvalue weighted by molar-refractivity contribution is -0.313. The van der Waals surface area contributed by atoms with Gasteiger partial charge in [0, 0.05) is 11.8 Å². The molecule has 0 aliphatic carbocycles. The molecule has 0 aromatic carbocycles. The molecule has 0 radical (unpaired) electrons. The summed E-state index contributed by atoms with van der Waals surface area (Å²) in [5, 5.41) is 9.50. The molecule has 0 aromatic rings. The monoisotopic (exact) mass is 288 g/mol. The minimum atomic E-state index is -0.430. The molecule has 1 N–H and O–H groups in total. The van der Waals surface area contributed by atoms with Gasteiger partial charge in [-0.3, -0.25) is 0 Å². The maximum Gasteiger partial charge on any atom is 0.190 e. The highest BCUT2D eigenvalue weighted by Crippen LogP contribution is 2.41. The van der Waals surface area contributed by atoms with Crippen LogP contribution in [-0.4, -0.2) is 55.0 Å². The minimum absolute atomic E-state index is 0.0964. The molecule has 0 aromatic heterocycles. The first kappa shape index (κ1) is 14.7. The van der Waals surface area contributed by atoms with Crippen molar-refractivity contribution in [3.8, 4) is 0 Å². The van der Waals surface area contributed by atoms with Crippen molar-refractivity contribution in [2.24, 2.45) is 11.8 Å². The van der Waals surface area contributed by atoms with Gasteiger partial charge in [-0.2, -0.15) is 0 Å². The van der Waals surface area contributed by atoms with Gasteiger partial charge in [-0.05, 0) is 0 Å². The molecule has 3 rings (SSSR count). The van der Waals surface area contributed by atoms with E-state index >= 15 is 0 Å². The zero-order valence-corrected chi connectivity index (χ0v) is 12.4. The summed E-state index contributed by atoms with van der Waals surface area (Å²) in [6, 6.07) is 0. The normalized spacial score (nSPS) is 47.9. The van der Waals surface area contributed by atoms with Crippen LogP contribution in [0.15, 0.2) is 0 Å². The number of fused-ring (bicyclic) bond motifs is 3. The molecule has 3 aliphatic heterocycles. The Bertz CT molecular complexity index is 347. The molecule has 6 nitrogen and oxygen atoms in total. The summed E-state index contributed by atoms with van der Waals surface area (Å²) in [6.45, 7) is 8.04. The predicted octanol–water partition coefficient (Wildman–Crippen LogP) is 0.867. The van der Waals surface area contributed by atoms with Crippen LogP contribution in [0, 0.1) is 11.8 Å². The Morgan fingerprint density at radius 3 is 1.95 bits per heavy atom. The maximum absolute atomic E-state index is 9.50. The van der Waals surface area contributed by atoms with Crippen LogP contribution in [0.4, 0.5) is 0 Å². The zero-order chi connectivity index (χ0) is 14.4. The van der Waals surface area contributed by atoms with Gasteiger partial charge in [-0.1, -0.05) is 27.7 Å². The Labute approximate surface area is 119 Å². The van der Waals surface area contributed by atoms with Gasteiger partial charge < -0.3 is 28.8 Å². The molecule has 7 atom stereocenters. The fraction of sp³-hybridized carbons (Fsp3) is 1.00. The first-order valence-electron chi connectivity index (χ1n) is 7.39. The SMILES string of the molecule is CC(C)C1OC(CO)[C@H]2OC3OC(C(C)C)O[C@@H]3[C@H]2O1. The number of aliphatic hydroxyl groups is 1. The van der Waals surface area contributed by atoms with Crippen LogP contribution in [0.25, 0.3) is 0 Å². The average Bonchev–Trinajstić information content (AvgIpc) is 2.94. The van der Waals surface area contributed by atoms with Crippen LogP contribution in [0.1, 0.15) is 27.7 Å². The Hall–Kier alpha value is -0.240. The lowest BCUT2D eigenvalue weighted by Crippen LogP contribution is -2.54. The third-order valence-electron chi connectivity index (χ3n) is 4.00. The van der Waals surface area contributed by atoms with Crippen LogP contribution in [0.5, 0.6) is 0 Å². The topological polar surface area (TPSA) is 66.4 Å². The highest BCUT2D eigenvalue weighted by Gasteiger charge is 2.58. The van der Waals surface area contributed by atoms with Gasteiger partial charge in [0.05, 0.1) is 6.61 Å². The number of hydrogen-bond donors (Lipinski definition) is 1. The summed E-state index contributed by atoms with van der Waals surface area (Å²) in [6.07, 6.45) is -2.26. The van der Waals surface area contributed by atoms with E-state index in [0.29, 0.717) is 0 Å². The summed E-state index contributed by atoms with van der Waals surface area (Å²) < 4.78 is 29.3. The molecule has 0 bridgehead atoms. The van der Waals surface area contributed by atoms with Gasteiger partial charge in [-0.25, -0.2) is 0 Å². The van der Waals surface area contributed by atoms with Crippen LogP contribution in [0.2, 0.25) is 0 Å². The minimum Gasteiger partial charge on any atom is -0.394 e. The van der Waals surface area contributed by atoms with Crippen molar-refractivity contribution in [2.45, 2.75) is 71.0 Å². The molecule has 3 fully saturated rings. The third kappa shape index (κ3) is 2.38. The van der Waals surface area contributed by atoms with E-state index in [9.17, 15) is 5.11 Å². The molecular formula is C14H24O6. The molecule has 116 valence electrons.